The van der Waals surface area contributed by atoms with E-state index in [1.165, 1.54) is 19.1 Å². The second kappa shape index (κ2) is 7.55. The molecule has 5 nitrogen and oxygen atoms in total. The first-order valence-corrected chi connectivity index (χ1v) is 7.71. The molecule has 1 heterocycles. The van der Waals surface area contributed by atoms with Gasteiger partial charge in [0.15, 0.2) is 0 Å². The minimum atomic E-state index is -4.36. The molecule has 0 aromatic heterocycles. The van der Waals surface area contributed by atoms with Gasteiger partial charge in [-0.1, -0.05) is 12.1 Å². The fraction of sp³-hybridized carbons (Fsp3) is 0.500. The van der Waals surface area contributed by atoms with Gasteiger partial charge in [0.2, 0.25) is 5.91 Å². The third-order valence-electron chi connectivity index (χ3n) is 4.01. The van der Waals surface area contributed by atoms with E-state index >= 15 is 0 Å². The molecule has 1 aromatic rings. The first kappa shape index (κ1) is 18.1. The summed E-state index contributed by atoms with van der Waals surface area (Å²) in [5.74, 6) is 0.0280. The van der Waals surface area contributed by atoms with Gasteiger partial charge in [0.1, 0.15) is 0 Å². The van der Waals surface area contributed by atoms with Crippen molar-refractivity contribution >= 4 is 11.9 Å². The van der Waals surface area contributed by atoms with E-state index in [-0.39, 0.29) is 24.5 Å². The van der Waals surface area contributed by atoms with Crippen molar-refractivity contribution in [2.45, 2.75) is 38.5 Å². The van der Waals surface area contributed by atoms with Crippen molar-refractivity contribution in [3.05, 3.63) is 35.4 Å². The number of likely N-dealkylation sites (tertiary alicyclic amines) is 1. The quantitative estimate of drug-likeness (QED) is 0.886. The molecule has 0 aliphatic carbocycles. The minimum absolute atomic E-state index is 0.00629. The molecular weight excluding hydrogens is 323 g/mol. The van der Waals surface area contributed by atoms with Gasteiger partial charge >= 0.3 is 12.2 Å². The lowest BCUT2D eigenvalue weighted by molar-refractivity contribution is -0.137. The van der Waals surface area contributed by atoms with E-state index in [1.54, 1.807) is 4.90 Å². The molecule has 132 valence electrons. The fourth-order valence-electron chi connectivity index (χ4n) is 2.57. The van der Waals surface area contributed by atoms with E-state index in [4.69, 9.17) is 0 Å². The normalized spacial score (nSPS) is 15.9. The zero-order valence-electron chi connectivity index (χ0n) is 13.3. The number of carbonyl (C=O) groups is 2. The Morgan fingerprint density at radius 3 is 2.25 bits per heavy atom. The van der Waals surface area contributed by atoms with Crippen molar-refractivity contribution in [2.75, 3.05) is 13.1 Å². The van der Waals surface area contributed by atoms with Crippen molar-refractivity contribution < 1.29 is 22.8 Å². The summed E-state index contributed by atoms with van der Waals surface area (Å²) in [7, 11) is 0. The van der Waals surface area contributed by atoms with E-state index in [9.17, 15) is 22.8 Å². The predicted molar refractivity (Wildman–Crippen MR) is 82.1 cm³/mol. The van der Waals surface area contributed by atoms with Gasteiger partial charge in [0.25, 0.3) is 0 Å². The smallest absolute Gasteiger partial charge is 0.343 e. The number of piperidine rings is 1. The lowest BCUT2D eigenvalue weighted by atomic mass is 10.1. The standard InChI is InChI=1S/C16H20F3N3O2/c1-11(23)22-8-6-14(7-9-22)21-15(24)20-10-12-2-4-13(5-3-12)16(17,18)19/h2-5,14H,6-10H2,1H3,(H2,20,21,24). The second-order valence-corrected chi connectivity index (χ2v) is 5.80. The number of nitrogens with one attached hydrogen (secondary N) is 2. The van der Waals surface area contributed by atoms with Gasteiger partial charge < -0.3 is 15.5 Å². The number of hydrogen-bond acceptors (Lipinski definition) is 2. The molecule has 24 heavy (non-hydrogen) atoms. The molecule has 0 unspecified atom stereocenters. The third-order valence-corrected chi connectivity index (χ3v) is 4.01. The monoisotopic (exact) mass is 343 g/mol. The molecule has 1 aromatic carbocycles. The summed E-state index contributed by atoms with van der Waals surface area (Å²) in [6.07, 6.45) is -2.99. The number of carbonyl (C=O) groups excluding carboxylic acids is 2. The molecule has 1 aliphatic rings. The first-order chi connectivity index (χ1) is 11.3. The Balaban J connectivity index is 1.75. The van der Waals surface area contributed by atoms with E-state index < -0.39 is 11.7 Å². The van der Waals surface area contributed by atoms with Crippen LogP contribution in [-0.4, -0.2) is 36.0 Å². The summed E-state index contributed by atoms with van der Waals surface area (Å²) >= 11 is 0. The van der Waals surface area contributed by atoms with Crippen LogP contribution >= 0.6 is 0 Å². The van der Waals surface area contributed by atoms with E-state index in [2.05, 4.69) is 10.6 Å². The summed E-state index contributed by atoms with van der Waals surface area (Å²) in [5.41, 5.74) is -0.127. The SMILES string of the molecule is CC(=O)N1CCC(NC(=O)NCc2ccc(C(F)(F)F)cc2)CC1. The van der Waals surface area contributed by atoms with Crippen molar-refractivity contribution in [1.82, 2.24) is 15.5 Å². The van der Waals surface area contributed by atoms with Gasteiger partial charge in [0, 0.05) is 32.6 Å². The Morgan fingerprint density at radius 1 is 1.17 bits per heavy atom. The highest BCUT2D eigenvalue weighted by Crippen LogP contribution is 2.29. The molecule has 8 heteroatoms. The maximum Gasteiger partial charge on any atom is 0.416 e. The van der Waals surface area contributed by atoms with E-state index in [0.717, 1.165) is 12.1 Å². The maximum absolute atomic E-state index is 12.5. The molecule has 3 amide bonds. The average Bonchev–Trinajstić information content (AvgIpc) is 2.53. The van der Waals surface area contributed by atoms with E-state index in [1.807, 2.05) is 0 Å². The lowest BCUT2D eigenvalue weighted by Crippen LogP contribution is -2.48. The molecule has 0 spiro atoms. The van der Waals surface area contributed by atoms with E-state index in [0.29, 0.717) is 31.5 Å². The molecule has 0 bridgehead atoms. The molecule has 0 radical (unpaired) electrons. The summed E-state index contributed by atoms with van der Waals surface area (Å²) in [4.78, 5) is 24.8. The molecule has 1 fully saturated rings. The second-order valence-electron chi connectivity index (χ2n) is 5.80. The van der Waals surface area contributed by atoms with Crippen LogP contribution in [0.2, 0.25) is 0 Å². The van der Waals surface area contributed by atoms with Crippen LogP contribution < -0.4 is 10.6 Å². The highest BCUT2D eigenvalue weighted by Gasteiger charge is 2.29. The van der Waals surface area contributed by atoms with Crippen LogP contribution in [0.15, 0.2) is 24.3 Å². The predicted octanol–water partition coefficient (Wildman–Crippen LogP) is 2.52. The number of benzene rings is 1. The maximum atomic E-state index is 12.5. The molecule has 1 saturated heterocycles. The number of urea groups is 1. The zero-order valence-corrected chi connectivity index (χ0v) is 13.3. The molecule has 0 atom stereocenters. The van der Waals surface area contributed by atoms with Crippen LogP contribution in [0.25, 0.3) is 0 Å². The Labute approximate surface area is 138 Å². The number of nitrogens with zero attached hydrogens (tertiary/aromatic N) is 1. The molecule has 0 saturated carbocycles. The fourth-order valence-corrected chi connectivity index (χ4v) is 2.57. The number of alkyl halides is 3. The topological polar surface area (TPSA) is 61.4 Å². The van der Waals surface area contributed by atoms with Crippen LogP contribution in [0.4, 0.5) is 18.0 Å². The van der Waals surface area contributed by atoms with Gasteiger partial charge in [-0.25, -0.2) is 4.79 Å². The molecular formula is C16H20F3N3O2. The Bertz CT molecular complexity index is 579. The minimum Gasteiger partial charge on any atom is -0.343 e. The summed E-state index contributed by atoms with van der Waals surface area (Å²) < 4.78 is 37.4. The molecule has 1 aliphatic heterocycles. The van der Waals surface area contributed by atoms with Gasteiger partial charge in [-0.05, 0) is 30.5 Å². The summed E-state index contributed by atoms with van der Waals surface area (Å²) in [6.45, 7) is 2.89. The average molecular weight is 343 g/mol. The highest BCUT2D eigenvalue weighted by molar-refractivity contribution is 5.75. The first-order valence-electron chi connectivity index (χ1n) is 7.71. The van der Waals surface area contributed by atoms with Crippen molar-refractivity contribution in [3.8, 4) is 0 Å². The van der Waals surface area contributed by atoms with Gasteiger partial charge in [-0.2, -0.15) is 13.2 Å². The van der Waals surface area contributed by atoms with Crippen molar-refractivity contribution in [1.29, 1.82) is 0 Å². The summed E-state index contributed by atoms with van der Waals surface area (Å²) in [6, 6.07) is 4.30. The zero-order chi connectivity index (χ0) is 17.7. The van der Waals surface area contributed by atoms with Gasteiger partial charge in [-0.3, -0.25) is 4.79 Å². The molecule has 2 rings (SSSR count). The van der Waals surface area contributed by atoms with Crippen LogP contribution in [0.5, 0.6) is 0 Å². The van der Waals surface area contributed by atoms with Crippen molar-refractivity contribution in [3.63, 3.8) is 0 Å². The van der Waals surface area contributed by atoms with Crippen molar-refractivity contribution in [2.24, 2.45) is 0 Å². The van der Waals surface area contributed by atoms with Crippen LogP contribution in [0.3, 0.4) is 0 Å². The number of rotatable bonds is 3. The Morgan fingerprint density at radius 2 is 1.75 bits per heavy atom. The largest absolute Gasteiger partial charge is 0.416 e. The highest BCUT2D eigenvalue weighted by atomic mass is 19.4. The number of halogens is 3. The lowest BCUT2D eigenvalue weighted by Gasteiger charge is -2.31. The third kappa shape index (κ3) is 5.14. The Kier molecular flexibility index (Phi) is 5.69. The number of amides is 3. The molecule has 2 N–H and O–H groups in total. The van der Waals surface area contributed by atoms with Crippen LogP contribution in [0.1, 0.15) is 30.9 Å². The van der Waals surface area contributed by atoms with Gasteiger partial charge in [-0.15, -0.1) is 0 Å². The number of hydrogen-bond donors (Lipinski definition) is 2. The summed E-state index contributed by atoms with van der Waals surface area (Å²) in [5, 5.41) is 5.44. The van der Waals surface area contributed by atoms with Gasteiger partial charge in [0.05, 0.1) is 5.56 Å². The Hall–Kier alpha value is -2.25. The van der Waals surface area contributed by atoms with Crippen LogP contribution in [-0.2, 0) is 17.5 Å². The van der Waals surface area contributed by atoms with Crippen LogP contribution in [0, 0.1) is 0 Å².